The van der Waals surface area contributed by atoms with E-state index in [-0.39, 0.29) is 11.7 Å². The average molecular weight is 344 g/mol. The highest BCUT2D eigenvalue weighted by Crippen LogP contribution is 2.23. The largest absolute Gasteiger partial charge is 0.366 e. The summed E-state index contributed by atoms with van der Waals surface area (Å²) in [6, 6.07) is 12.8. The number of amides is 1. The van der Waals surface area contributed by atoms with Gasteiger partial charge in [0.2, 0.25) is 0 Å². The summed E-state index contributed by atoms with van der Waals surface area (Å²) in [5, 5.41) is 0. The van der Waals surface area contributed by atoms with E-state index in [1.807, 2.05) is 47.2 Å². The van der Waals surface area contributed by atoms with Crippen LogP contribution in [0.5, 0.6) is 0 Å². The van der Waals surface area contributed by atoms with Crippen molar-refractivity contribution in [3.8, 4) is 0 Å². The van der Waals surface area contributed by atoms with Gasteiger partial charge in [-0.2, -0.15) is 0 Å². The molecule has 5 heteroatoms. The van der Waals surface area contributed by atoms with Crippen molar-refractivity contribution in [3.63, 3.8) is 0 Å². The van der Waals surface area contributed by atoms with Crippen LogP contribution >= 0.6 is 11.8 Å². The van der Waals surface area contributed by atoms with Gasteiger partial charge in [-0.15, -0.1) is 11.8 Å². The molecule has 2 aromatic rings. The van der Waals surface area contributed by atoms with Crippen molar-refractivity contribution in [2.24, 2.45) is 0 Å². The summed E-state index contributed by atoms with van der Waals surface area (Å²) in [6.45, 7) is 4.47. The predicted molar refractivity (Wildman–Crippen MR) is 97.5 cm³/mol. The Morgan fingerprint density at radius 3 is 2.46 bits per heavy atom. The second-order valence-corrected chi connectivity index (χ2v) is 6.79. The molecular formula is C19H21FN2OS. The second kappa shape index (κ2) is 7.26. The van der Waals surface area contributed by atoms with E-state index >= 15 is 0 Å². The maximum Gasteiger partial charge on any atom is 0.254 e. The molecule has 0 unspecified atom stereocenters. The van der Waals surface area contributed by atoms with Crippen molar-refractivity contribution in [2.45, 2.75) is 11.8 Å². The van der Waals surface area contributed by atoms with Crippen LogP contribution in [-0.2, 0) is 0 Å². The fourth-order valence-corrected chi connectivity index (χ4v) is 3.43. The minimum Gasteiger partial charge on any atom is -0.366 e. The molecule has 0 saturated carbocycles. The quantitative estimate of drug-likeness (QED) is 0.791. The number of para-hydroxylation sites is 1. The first-order valence-electron chi connectivity index (χ1n) is 8.03. The Morgan fingerprint density at radius 1 is 1.08 bits per heavy atom. The van der Waals surface area contributed by atoms with Gasteiger partial charge in [0.05, 0.1) is 5.69 Å². The first-order valence-corrected chi connectivity index (χ1v) is 9.26. The third kappa shape index (κ3) is 3.41. The van der Waals surface area contributed by atoms with Crippen LogP contribution < -0.4 is 4.90 Å². The molecule has 2 aromatic carbocycles. The standard InChI is InChI=1S/C19H21FN2OS/c1-14-7-8-15(24-2)13-16(14)19(23)22-11-9-21(10-12-22)18-6-4-3-5-17(18)20/h3-8,13H,9-12H2,1-2H3. The summed E-state index contributed by atoms with van der Waals surface area (Å²) >= 11 is 1.63. The highest BCUT2D eigenvalue weighted by Gasteiger charge is 2.24. The Labute approximate surface area is 146 Å². The first kappa shape index (κ1) is 16.8. The molecule has 126 valence electrons. The van der Waals surface area contributed by atoms with Gasteiger partial charge < -0.3 is 9.80 Å². The molecule has 1 amide bonds. The lowest BCUT2D eigenvalue weighted by Gasteiger charge is -2.36. The van der Waals surface area contributed by atoms with Crippen molar-refractivity contribution in [1.29, 1.82) is 0 Å². The van der Waals surface area contributed by atoms with Crippen molar-refractivity contribution >= 4 is 23.4 Å². The number of carbonyl (C=O) groups excluding carboxylic acids is 1. The van der Waals surface area contributed by atoms with Crippen LogP contribution in [0.3, 0.4) is 0 Å². The minimum atomic E-state index is -0.208. The molecule has 1 aliphatic heterocycles. The molecular weight excluding hydrogens is 323 g/mol. The van der Waals surface area contributed by atoms with E-state index in [0.717, 1.165) is 16.0 Å². The molecule has 1 saturated heterocycles. The predicted octanol–water partition coefficient (Wildman–Crippen LogP) is 3.82. The van der Waals surface area contributed by atoms with Crippen molar-refractivity contribution < 1.29 is 9.18 Å². The van der Waals surface area contributed by atoms with Crippen LogP contribution in [0.2, 0.25) is 0 Å². The van der Waals surface area contributed by atoms with Gasteiger partial charge in [0.1, 0.15) is 5.82 Å². The third-order valence-electron chi connectivity index (χ3n) is 4.44. The maximum atomic E-state index is 13.9. The number of nitrogens with zero attached hydrogens (tertiary/aromatic N) is 2. The molecule has 0 bridgehead atoms. The van der Waals surface area contributed by atoms with Crippen LogP contribution in [0, 0.1) is 12.7 Å². The number of carbonyl (C=O) groups is 1. The molecule has 0 aliphatic carbocycles. The zero-order valence-electron chi connectivity index (χ0n) is 14.0. The normalized spacial score (nSPS) is 14.8. The zero-order chi connectivity index (χ0) is 17.1. The Bertz CT molecular complexity index is 742. The van der Waals surface area contributed by atoms with Gasteiger partial charge in [0.25, 0.3) is 5.91 Å². The number of rotatable bonds is 3. The summed E-state index contributed by atoms with van der Waals surface area (Å²) in [5.41, 5.74) is 2.38. The van der Waals surface area contributed by atoms with Gasteiger partial charge in [-0.05, 0) is 43.0 Å². The van der Waals surface area contributed by atoms with Crippen LogP contribution in [0.25, 0.3) is 0 Å². The highest BCUT2D eigenvalue weighted by molar-refractivity contribution is 7.98. The molecule has 3 nitrogen and oxygen atoms in total. The zero-order valence-corrected chi connectivity index (χ0v) is 14.8. The topological polar surface area (TPSA) is 23.6 Å². The Morgan fingerprint density at radius 2 is 1.79 bits per heavy atom. The lowest BCUT2D eigenvalue weighted by molar-refractivity contribution is 0.0745. The number of piperazine rings is 1. The van der Waals surface area contributed by atoms with E-state index in [9.17, 15) is 9.18 Å². The monoisotopic (exact) mass is 344 g/mol. The van der Waals surface area contributed by atoms with Gasteiger partial charge in [0, 0.05) is 36.6 Å². The molecule has 0 atom stereocenters. The molecule has 3 rings (SSSR count). The molecule has 1 heterocycles. The van der Waals surface area contributed by atoms with Crippen LogP contribution in [0.4, 0.5) is 10.1 Å². The van der Waals surface area contributed by atoms with E-state index < -0.39 is 0 Å². The van der Waals surface area contributed by atoms with Crippen molar-refractivity contribution in [2.75, 3.05) is 37.3 Å². The maximum absolute atomic E-state index is 13.9. The number of aryl methyl sites for hydroxylation is 1. The number of hydrogen-bond donors (Lipinski definition) is 0. The number of halogens is 1. The Balaban J connectivity index is 1.71. The van der Waals surface area contributed by atoms with Gasteiger partial charge in [-0.3, -0.25) is 4.79 Å². The van der Waals surface area contributed by atoms with E-state index in [4.69, 9.17) is 0 Å². The Hall–Kier alpha value is -2.01. The van der Waals surface area contributed by atoms with E-state index in [1.165, 1.54) is 6.07 Å². The van der Waals surface area contributed by atoms with E-state index in [0.29, 0.717) is 31.9 Å². The van der Waals surface area contributed by atoms with Gasteiger partial charge in [-0.1, -0.05) is 18.2 Å². The first-order chi connectivity index (χ1) is 11.6. The SMILES string of the molecule is CSc1ccc(C)c(C(=O)N2CCN(c3ccccc3F)CC2)c1. The Kier molecular flexibility index (Phi) is 5.09. The summed E-state index contributed by atoms with van der Waals surface area (Å²) in [7, 11) is 0. The lowest BCUT2D eigenvalue weighted by Crippen LogP contribution is -2.49. The molecule has 0 radical (unpaired) electrons. The summed E-state index contributed by atoms with van der Waals surface area (Å²) < 4.78 is 13.9. The number of anilines is 1. The molecule has 1 aliphatic rings. The highest BCUT2D eigenvalue weighted by atomic mass is 32.2. The molecule has 24 heavy (non-hydrogen) atoms. The number of benzene rings is 2. The summed E-state index contributed by atoms with van der Waals surface area (Å²) in [4.78, 5) is 17.8. The van der Waals surface area contributed by atoms with Gasteiger partial charge in [-0.25, -0.2) is 4.39 Å². The smallest absolute Gasteiger partial charge is 0.254 e. The average Bonchev–Trinajstić information content (AvgIpc) is 2.62. The van der Waals surface area contributed by atoms with Crippen LogP contribution in [0.15, 0.2) is 47.4 Å². The lowest BCUT2D eigenvalue weighted by atomic mass is 10.1. The minimum absolute atomic E-state index is 0.0663. The fraction of sp³-hybridized carbons (Fsp3) is 0.316. The third-order valence-corrected chi connectivity index (χ3v) is 5.16. The summed E-state index contributed by atoms with van der Waals surface area (Å²) in [5.74, 6) is -0.141. The summed E-state index contributed by atoms with van der Waals surface area (Å²) in [6.07, 6.45) is 2.01. The molecule has 0 spiro atoms. The van der Waals surface area contributed by atoms with Crippen molar-refractivity contribution in [3.05, 3.63) is 59.4 Å². The second-order valence-electron chi connectivity index (χ2n) is 5.91. The molecule has 0 N–H and O–H groups in total. The van der Waals surface area contributed by atoms with Crippen LogP contribution in [0.1, 0.15) is 15.9 Å². The molecule has 1 fully saturated rings. The van der Waals surface area contributed by atoms with E-state index in [1.54, 1.807) is 23.9 Å². The van der Waals surface area contributed by atoms with Crippen LogP contribution in [-0.4, -0.2) is 43.2 Å². The van der Waals surface area contributed by atoms with Gasteiger partial charge >= 0.3 is 0 Å². The fourth-order valence-electron chi connectivity index (χ4n) is 2.99. The number of hydrogen-bond acceptors (Lipinski definition) is 3. The molecule has 0 aromatic heterocycles. The van der Waals surface area contributed by atoms with Gasteiger partial charge in [0.15, 0.2) is 0 Å². The number of thioether (sulfide) groups is 1. The van der Waals surface area contributed by atoms with E-state index in [2.05, 4.69) is 0 Å². The van der Waals surface area contributed by atoms with Crippen molar-refractivity contribution in [1.82, 2.24) is 4.90 Å².